The molecule has 5 N–H and O–H groups in total. The van der Waals surface area contributed by atoms with E-state index in [1.807, 2.05) is 13.8 Å². The van der Waals surface area contributed by atoms with Gasteiger partial charge in [-0.25, -0.2) is 0 Å². The van der Waals surface area contributed by atoms with Crippen molar-refractivity contribution in [2.45, 2.75) is 64.7 Å². The van der Waals surface area contributed by atoms with Crippen molar-refractivity contribution >= 4 is 0 Å². The van der Waals surface area contributed by atoms with Crippen molar-refractivity contribution in [3.8, 4) is 0 Å². The minimum Gasteiger partial charge on any atom is -0.394 e. The van der Waals surface area contributed by atoms with Gasteiger partial charge in [-0.15, -0.1) is 0 Å². The van der Waals surface area contributed by atoms with Gasteiger partial charge < -0.3 is 21.1 Å². The fourth-order valence-electron chi connectivity index (χ4n) is 1.99. The lowest BCUT2D eigenvalue weighted by Crippen LogP contribution is -2.58. The van der Waals surface area contributed by atoms with Gasteiger partial charge in [-0.2, -0.15) is 0 Å². The van der Waals surface area contributed by atoms with Crippen molar-refractivity contribution in [2.75, 3.05) is 6.61 Å². The van der Waals surface area contributed by atoms with Gasteiger partial charge in [-0.05, 0) is 31.1 Å². The number of aliphatic hydroxyl groups excluding tert-OH is 2. The second kappa shape index (κ2) is 7.31. The average molecular weight is 247 g/mol. The highest BCUT2D eigenvalue weighted by atomic mass is 16.4. The van der Waals surface area contributed by atoms with Gasteiger partial charge in [-0.3, -0.25) is 0 Å². The minimum atomic E-state index is -1.39. The summed E-state index contributed by atoms with van der Waals surface area (Å²) in [6.45, 7) is 7.70. The summed E-state index contributed by atoms with van der Waals surface area (Å²) in [5.41, 5.74) is 4.61. The van der Waals surface area contributed by atoms with Crippen LogP contribution in [0, 0.1) is 11.8 Å². The second-order valence-corrected chi connectivity index (χ2v) is 5.86. The van der Waals surface area contributed by atoms with Gasteiger partial charge in [0.15, 0.2) is 0 Å². The third-order valence-electron chi connectivity index (χ3n) is 3.24. The maximum Gasteiger partial charge on any atom is 0.108 e. The molecule has 0 amide bonds. The standard InChI is InChI=1S/C13H29NO3/c1-9(2)5-6-13(17,12(16)8-15)11(14)7-10(3)4/h9-12,15-17H,5-8,14H2,1-4H3/t11-,12?,13?/m0/s1. The van der Waals surface area contributed by atoms with Gasteiger partial charge in [0.1, 0.15) is 11.7 Å². The van der Waals surface area contributed by atoms with Crippen LogP contribution in [-0.4, -0.2) is 39.7 Å². The topological polar surface area (TPSA) is 86.7 Å². The van der Waals surface area contributed by atoms with Crippen LogP contribution in [-0.2, 0) is 0 Å². The first-order chi connectivity index (χ1) is 7.74. The largest absolute Gasteiger partial charge is 0.394 e. The van der Waals surface area contributed by atoms with E-state index in [1.54, 1.807) is 0 Å². The summed E-state index contributed by atoms with van der Waals surface area (Å²) >= 11 is 0. The Bertz CT molecular complexity index is 209. The molecule has 0 aromatic heterocycles. The molecule has 3 atom stereocenters. The molecule has 4 nitrogen and oxygen atoms in total. The summed E-state index contributed by atoms with van der Waals surface area (Å²) in [5.74, 6) is 0.778. The summed E-state index contributed by atoms with van der Waals surface area (Å²) in [4.78, 5) is 0. The highest BCUT2D eigenvalue weighted by molar-refractivity contribution is 4.95. The van der Waals surface area contributed by atoms with Gasteiger partial charge in [0.25, 0.3) is 0 Å². The Balaban J connectivity index is 4.70. The molecule has 2 unspecified atom stereocenters. The van der Waals surface area contributed by atoms with Crippen LogP contribution >= 0.6 is 0 Å². The summed E-state index contributed by atoms with van der Waals surface area (Å²) in [5, 5.41) is 29.4. The number of hydrogen-bond acceptors (Lipinski definition) is 4. The summed E-state index contributed by atoms with van der Waals surface area (Å²) in [6.07, 6.45) is 0.653. The van der Waals surface area contributed by atoms with E-state index in [0.717, 1.165) is 6.42 Å². The SMILES string of the molecule is CC(C)CCC(O)(C(O)CO)[C@@H](N)CC(C)C. The lowest BCUT2D eigenvalue weighted by molar-refractivity contribution is -0.118. The third kappa shape index (κ3) is 5.34. The molecule has 0 bridgehead atoms. The smallest absolute Gasteiger partial charge is 0.108 e. The predicted octanol–water partition coefficient (Wildman–Crippen LogP) is 0.880. The molecule has 17 heavy (non-hydrogen) atoms. The molecule has 4 heteroatoms. The normalized spacial score (nSPS) is 19.4. The predicted molar refractivity (Wildman–Crippen MR) is 69.5 cm³/mol. The van der Waals surface area contributed by atoms with Crippen molar-refractivity contribution < 1.29 is 15.3 Å². The molecule has 104 valence electrons. The van der Waals surface area contributed by atoms with Gasteiger partial charge in [0.2, 0.25) is 0 Å². The van der Waals surface area contributed by atoms with E-state index in [1.165, 1.54) is 0 Å². The van der Waals surface area contributed by atoms with Gasteiger partial charge in [0.05, 0.1) is 6.61 Å². The number of aliphatic hydroxyl groups is 3. The van der Waals surface area contributed by atoms with Crippen LogP contribution in [0.25, 0.3) is 0 Å². The fourth-order valence-corrected chi connectivity index (χ4v) is 1.99. The van der Waals surface area contributed by atoms with Crippen LogP contribution in [0.1, 0.15) is 47.0 Å². The number of nitrogens with two attached hydrogens (primary N) is 1. The zero-order valence-corrected chi connectivity index (χ0v) is 11.6. The van der Waals surface area contributed by atoms with Crippen LogP contribution in [0.2, 0.25) is 0 Å². The van der Waals surface area contributed by atoms with Gasteiger partial charge in [-0.1, -0.05) is 27.7 Å². The maximum atomic E-state index is 10.5. The Labute approximate surface area is 105 Å². The molecule has 0 fully saturated rings. The third-order valence-corrected chi connectivity index (χ3v) is 3.24. The van der Waals surface area contributed by atoms with Crippen LogP contribution in [0.3, 0.4) is 0 Å². The minimum absolute atomic E-state index is 0.349. The Morgan fingerprint density at radius 1 is 1.12 bits per heavy atom. The lowest BCUT2D eigenvalue weighted by Gasteiger charge is -2.38. The highest BCUT2D eigenvalue weighted by Gasteiger charge is 2.40. The summed E-state index contributed by atoms with van der Waals surface area (Å²) < 4.78 is 0. The summed E-state index contributed by atoms with van der Waals surface area (Å²) in [6, 6.07) is -0.511. The first-order valence-electron chi connectivity index (χ1n) is 6.50. The number of hydrogen-bond donors (Lipinski definition) is 4. The van der Waals surface area contributed by atoms with E-state index in [-0.39, 0.29) is 0 Å². The van der Waals surface area contributed by atoms with Crippen molar-refractivity contribution in [3.05, 3.63) is 0 Å². The quantitative estimate of drug-likeness (QED) is 0.513. The Morgan fingerprint density at radius 2 is 1.65 bits per heavy atom. The molecule has 0 aromatic rings. The second-order valence-electron chi connectivity index (χ2n) is 5.86. The van der Waals surface area contributed by atoms with E-state index in [9.17, 15) is 10.2 Å². The van der Waals surface area contributed by atoms with Gasteiger partial charge in [0, 0.05) is 6.04 Å². The lowest BCUT2D eigenvalue weighted by atomic mass is 9.79. The molecule has 0 aromatic carbocycles. The zero-order valence-electron chi connectivity index (χ0n) is 11.6. The number of rotatable bonds is 8. The van der Waals surface area contributed by atoms with Crippen LogP contribution in [0.4, 0.5) is 0 Å². The Morgan fingerprint density at radius 3 is 2.00 bits per heavy atom. The zero-order chi connectivity index (χ0) is 13.6. The maximum absolute atomic E-state index is 10.5. The monoisotopic (exact) mass is 247 g/mol. The van der Waals surface area contributed by atoms with Gasteiger partial charge >= 0.3 is 0 Å². The first kappa shape index (κ1) is 16.8. The molecular formula is C13H29NO3. The van der Waals surface area contributed by atoms with E-state index in [4.69, 9.17) is 10.8 Å². The molecule has 0 radical (unpaired) electrons. The molecule has 0 aliphatic rings. The molecule has 0 rings (SSSR count). The molecule has 0 saturated carbocycles. The van der Waals surface area contributed by atoms with Crippen molar-refractivity contribution in [2.24, 2.45) is 17.6 Å². The van der Waals surface area contributed by atoms with Crippen LogP contribution in [0.5, 0.6) is 0 Å². The van der Waals surface area contributed by atoms with E-state index in [2.05, 4.69) is 13.8 Å². The Hall–Kier alpha value is -0.160. The average Bonchev–Trinajstić information content (AvgIpc) is 2.23. The van der Waals surface area contributed by atoms with Crippen LogP contribution < -0.4 is 5.73 Å². The van der Waals surface area contributed by atoms with Crippen molar-refractivity contribution in [1.82, 2.24) is 0 Å². The van der Waals surface area contributed by atoms with E-state index >= 15 is 0 Å². The van der Waals surface area contributed by atoms with Crippen molar-refractivity contribution in [3.63, 3.8) is 0 Å². The van der Waals surface area contributed by atoms with Crippen LogP contribution in [0.15, 0.2) is 0 Å². The van der Waals surface area contributed by atoms with E-state index in [0.29, 0.717) is 24.7 Å². The fraction of sp³-hybridized carbons (Fsp3) is 1.00. The molecule has 0 spiro atoms. The molecule has 0 saturated heterocycles. The van der Waals surface area contributed by atoms with E-state index < -0.39 is 24.4 Å². The Kier molecular flexibility index (Phi) is 7.24. The van der Waals surface area contributed by atoms with Crippen molar-refractivity contribution in [1.29, 1.82) is 0 Å². The molecule has 0 aliphatic carbocycles. The summed E-state index contributed by atoms with van der Waals surface area (Å²) in [7, 11) is 0. The molecule has 0 heterocycles. The highest BCUT2D eigenvalue weighted by Crippen LogP contribution is 2.27. The first-order valence-corrected chi connectivity index (χ1v) is 6.50. The molecular weight excluding hydrogens is 218 g/mol. The molecule has 0 aliphatic heterocycles.